The highest BCUT2D eigenvalue weighted by atomic mass is 14.7. The van der Waals surface area contributed by atoms with Gasteiger partial charge in [0.25, 0.3) is 0 Å². The highest BCUT2D eigenvalue weighted by Crippen LogP contribution is 2.26. The lowest BCUT2D eigenvalue weighted by atomic mass is 9.96. The standard InChI is InChI=1S/C15H8N4/c1-10-2-5-15(19-9-10)12-4-3-11(6-16)13(7-17)14(12)8-18/h2-5,9H,1H3. The molecule has 1 aromatic heterocycles. The van der Waals surface area contributed by atoms with Gasteiger partial charge >= 0.3 is 0 Å². The Labute approximate surface area is 110 Å². The van der Waals surface area contributed by atoms with Crippen molar-refractivity contribution < 1.29 is 0 Å². The summed E-state index contributed by atoms with van der Waals surface area (Å²) in [4.78, 5) is 4.24. The summed E-state index contributed by atoms with van der Waals surface area (Å²) in [7, 11) is 0. The van der Waals surface area contributed by atoms with Gasteiger partial charge in [0.1, 0.15) is 18.2 Å². The third-order valence-corrected chi connectivity index (χ3v) is 2.74. The van der Waals surface area contributed by atoms with E-state index in [0.717, 1.165) is 5.56 Å². The van der Waals surface area contributed by atoms with Crippen LogP contribution in [0.1, 0.15) is 22.3 Å². The van der Waals surface area contributed by atoms with Crippen LogP contribution in [0.15, 0.2) is 30.5 Å². The molecule has 0 N–H and O–H groups in total. The SMILES string of the molecule is Cc1ccc(-c2ccc(C#N)c(C#N)c2C#N)nc1. The Morgan fingerprint density at radius 1 is 0.895 bits per heavy atom. The molecule has 4 heteroatoms. The van der Waals surface area contributed by atoms with E-state index in [2.05, 4.69) is 4.98 Å². The second kappa shape index (κ2) is 5.00. The average molecular weight is 244 g/mol. The Morgan fingerprint density at radius 2 is 1.63 bits per heavy atom. The molecular weight excluding hydrogens is 236 g/mol. The van der Waals surface area contributed by atoms with Gasteiger partial charge in [-0.05, 0) is 24.6 Å². The minimum Gasteiger partial charge on any atom is -0.256 e. The van der Waals surface area contributed by atoms with Crippen LogP contribution in [-0.2, 0) is 0 Å². The first-order valence-corrected chi connectivity index (χ1v) is 5.51. The van der Waals surface area contributed by atoms with E-state index in [4.69, 9.17) is 10.5 Å². The predicted octanol–water partition coefficient (Wildman–Crippen LogP) is 2.67. The van der Waals surface area contributed by atoms with Crippen LogP contribution < -0.4 is 0 Å². The van der Waals surface area contributed by atoms with Crippen LogP contribution in [0, 0.1) is 40.9 Å². The van der Waals surface area contributed by atoms with Crippen LogP contribution in [0.4, 0.5) is 0 Å². The third-order valence-electron chi connectivity index (χ3n) is 2.74. The van der Waals surface area contributed by atoms with E-state index >= 15 is 0 Å². The zero-order valence-electron chi connectivity index (χ0n) is 10.2. The second-order valence-corrected chi connectivity index (χ2v) is 3.97. The number of nitriles is 3. The van der Waals surface area contributed by atoms with Gasteiger partial charge in [0.15, 0.2) is 0 Å². The van der Waals surface area contributed by atoms with E-state index in [1.54, 1.807) is 18.3 Å². The highest BCUT2D eigenvalue weighted by molar-refractivity contribution is 5.73. The van der Waals surface area contributed by atoms with Gasteiger partial charge in [0.2, 0.25) is 0 Å². The van der Waals surface area contributed by atoms with E-state index in [1.807, 2.05) is 31.2 Å². The minimum atomic E-state index is 0.102. The summed E-state index contributed by atoms with van der Waals surface area (Å²) in [6.45, 7) is 1.92. The lowest BCUT2D eigenvalue weighted by Gasteiger charge is -2.06. The topological polar surface area (TPSA) is 84.3 Å². The van der Waals surface area contributed by atoms with Gasteiger partial charge in [-0.25, -0.2) is 0 Å². The Hall–Kier alpha value is -3.16. The van der Waals surface area contributed by atoms with Gasteiger partial charge in [-0.3, -0.25) is 4.98 Å². The molecule has 4 nitrogen and oxygen atoms in total. The lowest BCUT2D eigenvalue weighted by molar-refractivity contribution is 1.26. The molecule has 0 fully saturated rings. The van der Waals surface area contributed by atoms with Crippen molar-refractivity contribution in [3.05, 3.63) is 52.7 Å². The Bertz CT molecular complexity index is 753. The summed E-state index contributed by atoms with van der Waals surface area (Å²) in [6, 6.07) is 12.7. The number of nitrogens with zero attached hydrogens (tertiary/aromatic N) is 4. The van der Waals surface area contributed by atoms with Crippen molar-refractivity contribution in [2.75, 3.05) is 0 Å². The summed E-state index contributed by atoms with van der Waals surface area (Å²) in [5.74, 6) is 0. The van der Waals surface area contributed by atoms with Gasteiger partial charge in [-0.15, -0.1) is 0 Å². The molecule has 0 amide bonds. The van der Waals surface area contributed by atoms with Gasteiger partial charge in [-0.2, -0.15) is 15.8 Å². The zero-order valence-corrected chi connectivity index (χ0v) is 10.2. The minimum absolute atomic E-state index is 0.102. The predicted molar refractivity (Wildman–Crippen MR) is 68.6 cm³/mol. The van der Waals surface area contributed by atoms with Crippen molar-refractivity contribution >= 4 is 0 Å². The molecule has 1 aromatic carbocycles. The first-order chi connectivity index (χ1) is 9.21. The number of hydrogen-bond donors (Lipinski definition) is 0. The van der Waals surface area contributed by atoms with E-state index < -0.39 is 0 Å². The average Bonchev–Trinajstić information content (AvgIpc) is 2.46. The molecule has 0 saturated carbocycles. The largest absolute Gasteiger partial charge is 0.256 e. The number of pyridine rings is 1. The normalized spacial score (nSPS) is 9.16. The maximum Gasteiger partial charge on any atom is 0.102 e. The highest BCUT2D eigenvalue weighted by Gasteiger charge is 2.14. The van der Waals surface area contributed by atoms with Crippen molar-refractivity contribution in [1.29, 1.82) is 15.8 Å². The van der Waals surface area contributed by atoms with Crippen LogP contribution in [0.5, 0.6) is 0 Å². The fourth-order valence-corrected chi connectivity index (χ4v) is 1.77. The van der Waals surface area contributed by atoms with Crippen LogP contribution in [0.25, 0.3) is 11.3 Å². The van der Waals surface area contributed by atoms with Gasteiger partial charge in [0.05, 0.1) is 22.4 Å². The van der Waals surface area contributed by atoms with Crippen LogP contribution in [-0.4, -0.2) is 4.98 Å². The Balaban J connectivity index is 2.74. The van der Waals surface area contributed by atoms with E-state index in [0.29, 0.717) is 11.3 Å². The van der Waals surface area contributed by atoms with Gasteiger partial charge in [-0.1, -0.05) is 12.1 Å². The maximum atomic E-state index is 9.23. The zero-order chi connectivity index (χ0) is 13.8. The van der Waals surface area contributed by atoms with Crippen LogP contribution >= 0.6 is 0 Å². The summed E-state index contributed by atoms with van der Waals surface area (Å²) in [5.41, 5.74) is 2.69. The van der Waals surface area contributed by atoms with Crippen molar-refractivity contribution in [2.45, 2.75) is 6.92 Å². The first kappa shape index (κ1) is 12.3. The molecule has 0 spiro atoms. The van der Waals surface area contributed by atoms with Crippen molar-refractivity contribution in [1.82, 2.24) is 4.98 Å². The van der Waals surface area contributed by atoms with Crippen molar-refractivity contribution in [3.63, 3.8) is 0 Å². The van der Waals surface area contributed by atoms with Crippen LogP contribution in [0.2, 0.25) is 0 Å². The number of hydrogen-bond acceptors (Lipinski definition) is 4. The fourth-order valence-electron chi connectivity index (χ4n) is 1.77. The molecule has 0 saturated heterocycles. The fraction of sp³-hybridized carbons (Fsp3) is 0.0667. The molecule has 0 unspecified atom stereocenters. The van der Waals surface area contributed by atoms with E-state index in [1.165, 1.54) is 6.07 Å². The molecule has 0 atom stereocenters. The molecule has 1 heterocycles. The summed E-state index contributed by atoms with van der Waals surface area (Å²) in [5, 5.41) is 27.3. The molecule has 88 valence electrons. The monoisotopic (exact) mass is 244 g/mol. The summed E-state index contributed by atoms with van der Waals surface area (Å²) in [6.07, 6.45) is 1.70. The molecule has 0 radical (unpaired) electrons. The molecule has 2 aromatic rings. The molecule has 19 heavy (non-hydrogen) atoms. The molecule has 0 aliphatic carbocycles. The quantitative estimate of drug-likeness (QED) is 0.771. The Kier molecular flexibility index (Phi) is 3.24. The van der Waals surface area contributed by atoms with Crippen LogP contribution in [0.3, 0.4) is 0 Å². The molecular formula is C15H8N4. The molecule has 0 aliphatic heterocycles. The maximum absolute atomic E-state index is 9.23. The number of aromatic nitrogens is 1. The molecule has 2 rings (SSSR count). The van der Waals surface area contributed by atoms with Crippen molar-refractivity contribution in [3.8, 4) is 29.5 Å². The van der Waals surface area contributed by atoms with E-state index in [9.17, 15) is 5.26 Å². The molecule has 0 bridgehead atoms. The summed E-state index contributed by atoms with van der Waals surface area (Å²) < 4.78 is 0. The smallest absolute Gasteiger partial charge is 0.102 e. The molecule has 0 aliphatic rings. The summed E-state index contributed by atoms with van der Waals surface area (Å²) >= 11 is 0. The van der Waals surface area contributed by atoms with E-state index in [-0.39, 0.29) is 16.7 Å². The van der Waals surface area contributed by atoms with Crippen molar-refractivity contribution in [2.24, 2.45) is 0 Å². The number of benzene rings is 1. The lowest BCUT2D eigenvalue weighted by Crippen LogP contribution is -1.95. The third kappa shape index (κ3) is 2.14. The Morgan fingerprint density at radius 3 is 2.16 bits per heavy atom. The number of aryl methyl sites for hydroxylation is 1. The first-order valence-electron chi connectivity index (χ1n) is 5.51. The van der Waals surface area contributed by atoms with Gasteiger partial charge in [0, 0.05) is 11.8 Å². The number of rotatable bonds is 1. The second-order valence-electron chi connectivity index (χ2n) is 3.97. The van der Waals surface area contributed by atoms with Gasteiger partial charge < -0.3 is 0 Å².